The van der Waals surface area contributed by atoms with Gasteiger partial charge in [-0.25, -0.2) is 0 Å². The van der Waals surface area contributed by atoms with Crippen LogP contribution in [0.3, 0.4) is 0 Å². The van der Waals surface area contributed by atoms with Crippen molar-refractivity contribution < 1.29 is 9.53 Å². The van der Waals surface area contributed by atoms with Crippen LogP contribution >= 0.6 is 0 Å². The van der Waals surface area contributed by atoms with Crippen LogP contribution in [0.15, 0.2) is 54.6 Å². The molecule has 0 aliphatic rings. The topological polar surface area (TPSA) is 29.5 Å². The van der Waals surface area contributed by atoms with E-state index in [1.54, 1.807) is 0 Å². The molecule has 0 radical (unpaired) electrons. The van der Waals surface area contributed by atoms with Crippen molar-refractivity contribution in [1.82, 2.24) is 4.90 Å². The van der Waals surface area contributed by atoms with Gasteiger partial charge < -0.3 is 9.64 Å². The maximum Gasteiger partial charge on any atom is 0.317 e. The zero-order valence-corrected chi connectivity index (χ0v) is 14.9. The van der Waals surface area contributed by atoms with Gasteiger partial charge in [0.05, 0.1) is 0 Å². The van der Waals surface area contributed by atoms with Gasteiger partial charge in [-0.2, -0.15) is 0 Å². The first-order valence-electron chi connectivity index (χ1n) is 8.66. The fourth-order valence-electron chi connectivity index (χ4n) is 2.77. The summed E-state index contributed by atoms with van der Waals surface area (Å²) in [6, 6.07) is 17.9. The number of hydrogen-bond donors (Lipinski definition) is 0. The zero-order valence-electron chi connectivity index (χ0n) is 14.9. The molecule has 3 nitrogen and oxygen atoms in total. The summed E-state index contributed by atoms with van der Waals surface area (Å²) in [4.78, 5) is 15.0. The highest BCUT2D eigenvalue weighted by Gasteiger charge is 2.24. The Morgan fingerprint density at radius 3 is 2.12 bits per heavy atom. The van der Waals surface area contributed by atoms with Gasteiger partial charge in [0, 0.05) is 6.54 Å². The lowest BCUT2D eigenvalue weighted by Crippen LogP contribution is -2.29. The molecule has 0 aliphatic heterocycles. The second kappa shape index (κ2) is 9.24. The van der Waals surface area contributed by atoms with E-state index < -0.39 is 0 Å². The molecule has 1 unspecified atom stereocenters. The predicted octanol–water partition coefficient (Wildman–Crippen LogP) is 4.01. The number of likely N-dealkylation sites (N-methyl/N-ethyl adjacent to an activating group) is 1. The monoisotopic (exact) mass is 325 g/mol. The minimum Gasteiger partial charge on any atom is -0.464 e. The summed E-state index contributed by atoms with van der Waals surface area (Å²) in [5.74, 6) is -0.555. The number of aryl methyl sites for hydroxylation is 1. The Balaban J connectivity index is 2.14. The summed E-state index contributed by atoms with van der Waals surface area (Å²) in [6.07, 6.45) is 0. The molecule has 0 aliphatic carbocycles. The van der Waals surface area contributed by atoms with Gasteiger partial charge in [-0.3, -0.25) is 4.79 Å². The molecule has 2 aromatic carbocycles. The third-order valence-corrected chi connectivity index (χ3v) is 4.33. The second-order valence-electron chi connectivity index (χ2n) is 5.95. The van der Waals surface area contributed by atoms with Crippen molar-refractivity contribution in [3.63, 3.8) is 0 Å². The van der Waals surface area contributed by atoms with Crippen LogP contribution in [-0.4, -0.2) is 37.1 Å². The minimum absolute atomic E-state index is 0.183. The molecule has 0 aromatic heterocycles. The second-order valence-corrected chi connectivity index (χ2v) is 5.95. The largest absolute Gasteiger partial charge is 0.464 e. The molecule has 0 saturated carbocycles. The first kappa shape index (κ1) is 18.2. The molecule has 1 atom stereocenters. The third kappa shape index (κ3) is 4.93. The van der Waals surface area contributed by atoms with Crippen molar-refractivity contribution in [2.75, 3.05) is 26.2 Å². The van der Waals surface area contributed by atoms with E-state index in [1.807, 2.05) is 61.5 Å². The normalized spacial score (nSPS) is 12.2. The van der Waals surface area contributed by atoms with E-state index in [0.29, 0.717) is 6.61 Å². The standard InChI is InChI=1S/C21H27NO2/c1-4-22(5-2)15-16-24-21(23)20(18-9-7-6-8-10-18)19-13-11-17(3)12-14-19/h6-14,20H,4-5,15-16H2,1-3H3. The molecule has 0 fully saturated rings. The lowest BCUT2D eigenvalue weighted by molar-refractivity contribution is -0.144. The number of carbonyl (C=O) groups excluding carboxylic acids is 1. The number of nitrogens with zero attached hydrogens (tertiary/aromatic N) is 1. The van der Waals surface area contributed by atoms with Crippen LogP contribution in [0.4, 0.5) is 0 Å². The molecule has 128 valence electrons. The lowest BCUT2D eigenvalue weighted by atomic mass is 9.91. The molecule has 2 aromatic rings. The highest BCUT2D eigenvalue weighted by Crippen LogP contribution is 2.26. The van der Waals surface area contributed by atoms with Gasteiger partial charge in [-0.1, -0.05) is 74.0 Å². The van der Waals surface area contributed by atoms with Crippen LogP contribution in [0.5, 0.6) is 0 Å². The third-order valence-electron chi connectivity index (χ3n) is 4.33. The van der Waals surface area contributed by atoms with Crippen LogP contribution in [0.25, 0.3) is 0 Å². The Morgan fingerprint density at radius 1 is 0.958 bits per heavy atom. The summed E-state index contributed by atoms with van der Waals surface area (Å²) in [5, 5.41) is 0. The predicted molar refractivity (Wildman–Crippen MR) is 98.2 cm³/mol. The highest BCUT2D eigenvalue weighted by atomic mass is 16.5. The van der Waals surface area contributed by atoms with Crippen molar-refractivity contribution in [2.24, 2.45) is 0 Å². The van der Waals surface area contributed by atoms with Crippen molar-refractivity contribution >= 4 is 5.97 Å². The van der Waals surface area contributed by atoms with Gasteiger partial charge in [0.2, 0.25) is 0 Å². The molecule has 0 bridgehead atoms. The molecule has 0 N–H and O–H groups in total. The smallest absolute Gasteiger partial charge is 0.317 e. The van der Waals surface area contributed by atoms with Crippen LogP contribution in [-0.2, 0) is 9.53 Å². The Kier molecular flexibility index (Phi) is 7.01. The Morgan fingerprint density at radius 2 is 1.54 bits per heavy atom. The van der Waals surface area contributed by atoms with E-state index in [4.69, 9.17) is 4.74 Å². The van der Waals surface area contributed by atoms with Crippen LogP contribution < -0.4 is 0 Å². The van der Waals surface area contributed by atoms with Crippen LogP contribution in [0, 0.1) is 6.92 Å². The molecule has 0 saturated heterocycles. The van der Waals surface area contributed by atoms with Crippen molar-refractivity contribution in [3.8, 4) is 0 Å². The number of benzene rings is 2. The number of esters is 1. The molecule has 3 heteroatoms. The van der Waals surface area contributed by atoms with E-state index in [-0.39, 0.29) is 11.9 Å². The molecule has 0 heterocycles. The Labute approximate surface area is 145 Å². The first-order valence-corrected chi connectivity index (χ1v) is 8.66. The summed E-state index contributed by atoms with van der Waals surface area (Å²) < 4.78 is 5.60. The SMILES string of the molecule is CCN(CC)CCOC(=O)C(c1ccccc1)c1ccc(C)cc1. The number of rotatable bonds is 8. The molecular weight excluding hydrogens is 298 g/mol. The van der Waals surface area contributed by atoms with Gasteiger partial charge >= 0.3 is 5.97 Å². The van der Waals surface area contributed by atoms with E-state index in [0.717, 1.165) is 30.8 Å². The Hall–Kier alpha value is -2.13. The number of ether oxygens (including phenoxy) is 1. The quantitative estimate of drug-likeness (QED) is 0.687. The lowest BCUT2D eigenvalue weighted by Gasteiger charge is -2.20. The van der Waals surface area contributed by atoms with Crippen molar-refractivity contribution in [1.29, 1.82) is 0 Å². The molecule has 2 rings (SSSR count). The zero-order chi connectivity index (χ0) is 17.4. The van der Waals surface area contributed by atoms with Crippen LogP contribution in [0.1, 0.15) is 36.5 Å². The Bertz CT molecular complexity index is 618. The van der Waals surface area contributed by atoms with Crippen LogP contribution in [0.2, 0.25) is 0 Å². The van der Waals surface area contributed by atoms with Crippen molar-refractivity contribution in [3.05, 3.63) is 71.3 Å². The average molecular weight is 325 g/mol. The minimum atomic E-state index is -0.372. The number of carbonyl (C=O) groups is 1. The molecule has 0 amide bonds. The highest BCUT2D eigenvalue weighted by molar-refractivity contribution is 5.82. The fraction of sp³-hybridized carbons (Fsp3) is 0.381. The summed E-state index contributed by atoms with van der Waals surface area (Å²) in [6.45, 7) is 9.41. The number of hydrogen-bond acceptors (Lipinski definition) is 3. The average Bonchev–Trinajstić information content (AvgIpc) is 2.61. The molecule has 0 spiro atoms. The van der Waals surface area contributed by atoms with Gasteiger partial charge in [-0.15, -0.1) is 0 Å². The summed E-state index contributed by atoms with van der Waals surface area (Å²) >= 11 is 0. The van der Waals surface area contributed by atoms with E-state index in [1.165, 1.54) is 5.56 Å². The summed E-state index contributed by atoms with van der Waals surface area (Å²) in [5.41, 5.74) is 3.12. The van der Waals surface area contributed by atoms with Gasteiger partial charge in [-0.05, 0) is 31.1 Å². The van der Waals surface area contributed by atoms with Gasteiger partial charge in [0.25, 0.3) is 0 Å². The maximum atomic E-state index is 12.7. The van der Waals surface area contributed by atoms with Gasteiger partial charge in [0.15, 0.2) is 0 Å². The van der Waals surface area contributed by atoms with E-state index in [2.05, 4.69) is 18.7 Å². The fourth-order valence-corrected chi connectivity index (χ4v) is 2.77. The van der Waals surface area contributed by atoms with Crippen molar-refractivity contribution in [2.45, 2.75) is 26.7 Å². The first-order chi connectivity index (χ1) is 11.7. The molecular formula is C21H27NO2. The molecule has 24 heavy (non-hydrogen) atoms. The summed E-state index contributed by atoms with van der Waals surface area (Å²) in [7, 11) is 0. The van der Waals surface area contributed by atoms with E-state index >= 15 is 0 Å². The van der Waals surface area contributed by atoms with Gasteiger partial charge in [0.1, 0.15) is 12.5 Å². The van der Waals surface area contributed by atoms with E-state index in [9.17, 15) is 4.79 Å². The maximum absolute atomic E-state index is 12.7.